The summed E-state index contributed by atoms with van der Waals surface area (Å²) in [6.45, 7) is 0. The number of halogens is 1. The summed E-state index contributed by atoms with van der Waals surface area (Å²) in [5.74, 6) is -0.245. The van der Waals surface area contributed by atoms with E-state index >= 15 is 0 Å². The van der Waals surface area contributed by atoms with Gasteiger partial charge in [0.05, 0.1) is 11.1 Å². The molecule has 0 bridgehead atoms. The van der Waals surface area contributed by atoms with E-state index in [-0.39, 0.29) is 5.82 Å². The van der Waals surface area contributed by atoms with Crippen LogP contribution in [-0.4, -0.2) is 10.1 Å². The van der Waals surface area contributed by atoms with Crippen molar-refractivity contribution in [1.29, 1.82) is 0 Å². The molecule has 0 aliphatic rings. The van der Waals surface area contributed by atoms with Crippen LogP contribution in [-0.2, 0) is 6.42 Å². The van der Waals surface area contributed by atoms with E-state index in [0.717, 1.165) is 20.0 Å². The van der Waals surface area contributed by atoms with Gasteiger partial charge >= 0.3 is 0 Å². The van der Waals surface area contributed by atoms with Crippen LogP contribution in [0.25, 0.3) is 10.1 Å². The van der Waals surface area contributed by atoms with Crippen molar-refractivity contribution in [2.24, 2.45) is 0 Å². The zero-order valence-corrected chi connectivity index (χ0v) is 11.0. The number of aliphatic hydroxyl groups is 1. The minimum atomic E-state index is -0.573. The third-order valence-electron chi connectivity index (χ3n) is 2.68. The molecule has 1 atom stereocenters. The van der Waals surface area contributed by atoms with Crippen molar-refractivity contribution >= 4 is 32.8 Å². The third-order valence-corrected chi connectivity index (χ3v) is 4.68. The lowest BCUT2D eigenvalue weighted by Gasteiger charge is -2.04. The average molecular weight is 279 g/mol. The van der Waals surface area contributed by atoms with E-state index in [1.807, 2.05) is 11.4 Å². The smallest absolute Gasteiger partial charge is 0.124 e. The van der Waals surface area contributed by atoms with Gasteiger partial charge in [0, 0.05) is 27.6 Å². The molecule has 92 valence electrons. The first-order chi connectivity index (χ1) is 8.72. The Balaban J connectivity index is 1.89. The largest absolute Gasteiger partial charge is 0.387 e. The number of rotatable bonds is 3. The van der Waals surface area contributed by atoms with Gasteiger partial charge in [0.15, 0.2) is 0 Å². The second kappa shape index (κ2) is 4.76. The van der Waals surface area contributed by atoms with Crippen LogP contribution in [0, 0.1) is 5.82 Å². The highest BCUT2D eigenvalue weighted by molar-refractivity contribution is 7.19. The first-order valence-electron chi connectivity index (χ1n) is 5.48. The molecule has 0 amide bonds. The lowest BCUT2D eigenvalue weighted by atomic mass is 10.2. The second-order valence-corrected chi connectivity index (χ2v) is 6.07. The molecule has 2 aromatic heterocycles. The monoisotopic (exact) mass is 279 g/mol. The van der Waals surface area contributed by atoms with Gasteiger partial charge in [-0.05, 0) is 23.6 Å². The minimum Gasteiger partial charge on any atom is -0.387 e. The molecule has 3 rings (SSSR count). The standard InChI is InChI=1S/C13H10FNOS2/c14-9-2-1-8-5-12(18-11(8)6-9)10(16)7-13-15-3-4-17-13/h1-6,10,16H,7H2. The Kier molecular flexibility index (Phi) is 3.11. The van der Waals surface area contributed by atoms with Crippen molar-refractivity contribution in [2.45, 2.75) is 12.5 Å². The van der Waals surface area contributed by atoms with E-state index in [2.05, 4.69) is 4.98 Å². The predicted octanol–water partition coefficient (Wildman–Crippen LogP) is 3.77. The number of fused-ring (bicyclic) bond motifs is 1. The van der Waals surface area contributed by atoms with Gasteiger partial charge in [-0.2, -0.15) is 0 Å². The van der Waals surface area contributed by atoms with Gasteiger partial charge in [-0.3, -0.25) is 0 Å². The van der Waals surface area contributed by atoms with E-state index in [1.54, 1.807) is 12.3 Å². The maximum Gasteiger partial charge on any atom is 0.124 e. The number of hydrogen-bond acceptors (Lipinski definition) is 4. The SMILES string of the molecule is OC(Cc1nccs1)c1cc2ccc(F)cc2s1. The molecule has 5 heteroatoms. The lowest BCUT2D eigenvalue weighted by molar-refractivity contribution is 0.182. The zero-order chi connectivity index (χ0) is 12.5. The second-order valence-electron chi connectivity index (χ2n) is 3.98. The lowest BCUT2D eigenvalue weighted by Crippen LogP contribution is -1.98. The average Bonchev–Trinajstić information content (AvgIpc) is 2.96. The topological polar surface area (TPSA) is 33.1 Å². The molecule has 0 spiro atoms. The molecule has 0 fully saturated rings. The van der Waals surface area contributed by atoms with E-state index in [1.165, 1.54) is 34.8 Å². The fourth-order valence-corrected chi connectivity index (χ4v) is 3.54. The van der Waals surface area contributed by atoms with Crippen LogP contribution >= 0.6 is 22.7 Å². The van der Waals surface area contributed by atoms with Crippen LogP contribution in [0.3, 0.4) is 0 Å². The number of hydrogen-bond donors (Lipinski definition) is 1. The van der Waals surface area contributed by atoms with Crippen molar-refractivity contribution in [3.63, 3.8) is 0 Å². The Morgan fingerprint density at radius 1 is 1.33 bits per heavy atom. The number of aromatic nitrogens is 1. The van der Waals surface area contributed by atoms with Crippen LogP contribution in [0.15, 0.2) is 35.8 Å². The van der Waals surface area contributed by atoms with Crippen LogP contribution < -0.4 is 0 Å². The molecule has 0 saturated heterocycles. The van der Waals surface area contributed by atoms with E-state index < -0.39 is 6.10 Å². The van der Waals surface area contributed by atoms with Crippen LogP contribution in [0.1, 0.15) is 16.0 Å². The van der Waals surface area contributed by atoms with E-state index in [0.29, 0.717) is 6.42 Å². The molecule has 1 N–H and O–H groups in total. The number of nitrogens with zero attached hydrogens (tertiary/aromatic N) is 1. The molecule has 0 aliphatic heterocycles. The van der Waals surface area contributed by atoms with Crippen molar-refractivity contribution in [1.82, 2.24) is 4.98 Å². The summed E-state index contributed by atoms with van der Waals surface area (Å²) >= 11 is 2.96. The van der Waals surface area contributed by atoms with Gasteiger partial charge in [0.2, 0.25) is 0 Å². The van der Waals surface area contributed by atoms with Crippen molar-refractivity contribution < 1.29 is 9.50 Å². The Morgan fingerprint density at radius 2 is 2.22 bits per heavy atom. The number of aliphatic hydroxyl groups excluding tert-OH is 1. The van der Waals surface area contributed by atoms with Gasteiger partial charge < -0.3 is 5.11 Å². The Labute approximate surface area is 111 Å². The van der Waals surface area contributed by atoms with Gasteiger partial charge in [-0.25, -0.2) is 9.37 Å². The highest BCUT2D eigenvalue weighted by Gasteiger charge is 2.13. The number of thiophene rings is 1. The highest BCUT2D eigenvalue weighted by atomic mass is 32.1. The quantitative estimate of drug-likeness (QED) is 0.791. The molecule has 0 aliphatic carbocycles. The Bertz CT molecular complexity index is 663. The fraction of sp³-hybridized carbons (Fsp3) is 0.154. The number of thiazole rings is 1. The van der Waals surface area contributed by atoms with Crippen molar-refractivity contribution in [2.75, 3.05) is 0 Å². The summed E-state index contributed by atoms with van der Waals surface area (Å²) in [6, 6.07) is 6.59. The van der Waals surface area contributed by atoms with E-state index in [4.69, 9.17) is 0 Å². The van der Waals surface area contributed by atoms with Crippen LogP contribution in [0.4, 0.5) is 4.39 Å². The molecule has 2 nitrogen and oxygen atoms in total. The summed E-state index contributed by atoms with van der Waals surface area (Å²) in [5.41, 5.74) is 0. The Hall–Kier alpha value is -1.30. The first kappa shape index (κ1) is 11.8. The molecule has 3 aromatic rings. The molecular weight excluding hydrogens is 269 g/mol. The summed E-state index contributed by atoms with van der Waals surface area (Å²) in [4.78, 5) is 5.01. The van der Waals surface area contributed by atoms with Crippen LogP contribution in [0.2, 0.25) is 0 Å². The molecule has 0 radical (unpaired) electrons. The first-order valence-corrected chi connectivity index (χ1v) is 7.17. The highest BCUT2D eigenvalue weighted by Crippen LogP contribution is 2.32. The maximum absolute atomic E-state index is 13.1. The summed E-state index contributed by atoms with van der Waals surface area (Å²) in [5, 5.41) is 13.9. The normalized spacial score (nSPS) is 13.0. The van der Waals surface area contributed by atoms with E-state index in [9.17, 15) is 9.50 Å². The molecule has 1 aromatic carbocycles. The predicted molar refractivity (Wildman–Crippen MR) is 72.6 cm³/mol. The van der Waals surface area contributed by atoms with Crippen molar-refractivity contribution in [3.05, 3.63) is 51.5 Å². The number of benzene rings is 1. The fourth-order valence-electron chi connectivity index (χ4n) is 1.81. The summed E-state index contributed by atoms with van der Waals surface area (Å²) < 4.78 is 14.0. The van der Waals surface area contributed by atoms with Gasteiger partial charge in [0.1, 0.15) is 5.82 Å². The summed E-state index contributed by atoms with van der Waals surface area (Å²) in [6.07, 6.45) is 1.66. The van der Waals surface area contributed by atoms with Gasteiger partial charge in [-0.15, -0.1) is 22.7 Å². The molecule has 0 saturated carbocycles. The molecule has 18 heavy (non-hydrogen) atoms. The minimum absolute atomic E-state index is 0.245. The van der Waals surface area contributed by atoms with Gasteiger partial charge in [-0.1, -0.05) is 6.07 Å². The Morgan fingerprint density at radius 3 is 3.00 bits per heavy atom. The molecular formula is C13H10FNOS2. The van der Waals surface area contributed by atoms with Gasteiger partial charge in [0.25, 0.3) is 0 Å². The third kappa shape index (κ3) is 2.29. The van der Waals surface area contributed by atoms with Crippen LogP contribution in [0.5, 0.6) is 0 Å². The zero-order valence-electron chi connectivity index (χ0n) is 9.34. The maximum atomic E-state index is 13.1. The summed E-state index contributed by atoms with van der Waals surface area (Å²) in [7, 11) is 0. The molecule has 2 heterocycles. The van der Waals surface area contributed by atoms with Crippen molar-refractivity contribution in [3.8, 4) is 0 Å². The molecule has 1 unspecified atom stereocenters.